The third-order valence-corrected chi connectivity index (χ3v) is 21.3. The number of nitrogens with zero attached hydrogens (tertiary/aromatic N) is 2. The van der Waals surface area contributed by atoms with Crippen LogP contribution in [-0.4, -0.2) is 25.5 Å². The number of anilines is 6. The highest BCUT2D eigenvalue weighted by molar-refractivity contribution is 8.32. The molecule has 2 nitrogen and oxygen atoms in total. The summed E-state index contributed by atoms with van der Waals surface area (Å²) in [6.45, 7) is 41.3. The summed E-state index contributed by atoms with van der Waals surface area (Å²) in [7, 11) is -0.907. The smallest absolute Gasteiger partial charge is 0.254 e. The molecule has 386 valence electrons. The van der Waals surface area contributed by atoms with Crippen molar-refractivity contribution in [1.82, 2.24) is 0 Å². The Labute approximate surface area is 453 Å². The van der Waals surface area contributed by atoms with E-state index in [0.717, 1.165) is 0 Å². The SMILES string of the molecule is CC(C)(C)c1cc(N2c3cc(C(C)(C)C)ccc3B3c4c2cc(-c2ccc(S(C)(C)C)cc2)cc4N(c2ccc4c(c2)C(C)(C)CCC4(C)C)c2sc4cc5c(cc4c23)C(C)(C)CCC5(C)C)cc(C(C)(C)C)c1. The van der Waals surface area contributed by atoms with Crippen LogP contribution >= 0.6 is 21.4 Å². The highest BCUT2D eigenvalue weighted by atomic mass is 32.3. The van der Waals surface area contributed by atoms with Crippen molar-refractivity contribution in [2.75, 3.05) is 28.6 Å². The van der Waals surface area contributed by atoms with Gasteiger partial charge in [0, 0.05) is 33.1 Å². The summed E-state index contributed by atoms with van der Waals surface area (Å²) in [6, 6.07) is 42.9. The van der Waals surface area contributed by atoms with E-state index >= 15 is 0 Å². The zero-order chi connectivity index (χ0) is 53.4. The molecule has 3 heterocycles. The van der Waals surface area contributed by atoms with Gasteiger partial charge < -0.3 is 9.80 Å². The van der Waals surface area contributed by atoms with Gasteiger partial charge in [-0.15, -0.1) is 11.3 Å². The number of benzene rings is 6. The maximum atomic E-state index is 2.75. The summed E-state index contributed by atoms with van der Waals surface area (Å²) in [5, 5.41) is 2.79. The average Bonchev–Trinajstić information content (AvgIpc) is 3.69. The van der Waals surface area contributed by atoms with Gasteiger partial charge in [0.25, 0.3) is 6.71 Å². The molecule has 0 radical (unpaired) electrons. The van der Waals surface area contributed by atoms with Gasteiger partial charge in [-0.2, -0.15) is 0 Å². The van der Waals surface area contributed by atoms with E-state index in [9.17, 15) is 0 Å². The average molecular weight is 1020 g/mol. The maximum absolute atomic E-state index is 2.75. The van der Waals surface area contributed by atoms with Gasteiger partial charge in [-0.3, -0.25) is 0 Å². The van der Waals surface area contributed by atoms with Gasteiger partial charge >= 0.3 is 0 Å². The van der Waals surface area contributed by atoms with Crippen LogP contribution in [0.2, 0.25) is 0 Å². The van der Waals surface area contributed by atoms with Crippen LogP contribution in [0.5, 0.6) is 0 Å². The molecule has 0 N–H and O–H groups in total. The fourth-order valence-electron chi connectivity index (χ4n) is 13.1. The summed E-state index contributed by atoms with van der Waals surface area (Å²) < 4.78 is 1.40. The second-order valence-corrected chi connectivity index (χ2v) is 34.8. The van der Waals surface area contributed by atoms with E-state index in [1.54, 1.807) is 0 Å². The van der Waals surface area contributed by atoms with Gasteiger partial charge in [-0.1, -0.05) is 154 Å². The number of rotatable bonds is 4. The van der Waals surface area contributed by atoms with Gasteiger partial charge in [0.15, 0.2) is 0 Å². The van der Waals surface area contributed by atoms with Crippen LogP contribution in [0.25, 0.3) is 21.2 Å². The van der Waals surface area contributed by atoms with Crippen molar-refractivity contribution in [3.63, 3.8) is 0 Å². The van der Waals surface area contributed by atoms with Crippen LogP contribution < -0.4 is 26.2 Å². The first-order chi connectivity index (χ1) is 34.2. The normalized spacial score (nSPS) is 18.6. The lowest BCUT2D eigenvalue weighted by Gasteiger charge is -2.45. The zero-order valence-electron chi connectivity index (χ0n) is 48.9. The van der Waals surface area contributed by atoms with Crippen molar-refractivity contribution in [2.24, 2.45) is 0 Å². The second kappa shape index (κ2) is 16.4. The van der Waals surface area contributed by atoms with Crippen molar-refractivity contribution < 1.29 is 0 Å². The Kier molecular flexibility index (Phi) is 11.4. The van der Waals surface area contributed by atoms with E-state index in [0.29, 0.717) is 0 Å². The van der Waals surface area contributed by atoms with Crippen LogP contribution in [0.3, 0.4) is 0 Å². The van der Waals surface area contributed by atoms with Crippen LogP contribution in [0.4, 0.5) is 33.4 Å². The van der Waals surface area contributed by atoms with E-state index in [4.69, 9.17) is 0 Å². The molecule has 5 heteroatoms. The summed E-state index contributed by atoms with van der Waals surface area (Å²) >= 11 is 2.04. The van der Waals surface area contributed by atoms with E-state index < -0.39 is 10.0 Å². The minimum atomic E-state index is -0.907. The maximum Gasteiger partial charge on any atom is 0.254 e. The Balaban J connectivity index is 1.32. The van der Waals surface area contributed by atoms with Crippen molar-refractivity contribution in [1.29, 1.82) is 0 Å². The molecule has 2 aliphatic heterocycles. The molecular weight excluding hydrogens is 932 g/mol. The third-order valence-electron chi connectivity index (χ3n) is 18.4. The first kappa shape index (κ1) is 51.4. The Bertz CT molecular complexity index is 3410. The minimum absolute atomic E-state index is 0.0137. The van der Waals surface area contributed by atoms with Crippen molar-refractivity contribution in [3.8, 4) is 11.1 Å². The van der Waals surface area contributed by atoms with Gasteiger partial charge in [0.05, 0.1) is 5.00 Å². The third kappa shape index (κ3) is 8.25. The van der Waals surface area contributed by atoms with E-state index in [2.05, 4.69) is 249 Å². The standard InChI is InChI=1S/C69H85BN2S2/c1-63(2,3)44-23-28-55-56(38-44)71(48-36-45(64(4,5)6)35-46(37-48)65(7,8)9)57-33-43(42-21-25-49(26-22-42)74(18,19)20)34-58-61(57)70(55)60-50-40-53-54(69(16,17)32-31-68(53,14)15)41-59(50)73-62(60)72(58)47-24-27-51-52(39-47)67(12,13)30-29-66(51,10)11/h21-28,33-41H,29-32H2,1-20H3. The molecule has 74 heavy (non-hydrogen) atoms. The highest BCUT2D eigenvalue weighted by Gasteiger charge is 2.48. The summed E-state index contributed by atoms with van der Waals surface area (Å²) in [5.41, 5.74) is 23.5. The second-order valence-electron chi connectivity index (χ2n) is 29.7. The van der Waals surface area contributed by atoms with E-state index in [-0.39, 0.29) is 44.6 Å². The molecule has 2 aliphatic carbocycles. The fourth-order valence-corrected chi connectivity index (χ4v) is 15.4. The predicted octanol–water partition coefficient (Wildman–Crippen LogP) is 18.3. The summed E-state index contributed by atoms with van der Waals surface area (Å²) in [6.07, 6.45) is 12.0. The monoisotopic (exact) mass is 1020 g/mol. The molecule has 0 bridgehead atoms. The lowest BCUT2D eigenvalue weighted by molar-refractivity contribution is 0.332. The number of fused-ring (bicyclic) bond motifs is 8. The molecule has 0 fully saturated rings. The van der Waals surface area contributed by atoms with Gasteiger partial charge in [0.2, 0.25) is 0 Å². The quantitative estimate of drug-likeness (QED) is 0.162. The highest BCUT2D eigenvalue weighted by Crippen LogP contribution is 2.55. The minimum Gasteiger partial charge on any atom is -0.311 e. The Morgan fingerprint density at radius 3 is 1.50 bits per heavy atom. The number of thiophene rings is 1. The van der Waals surface area contributed by atoms with Gasteiger partial charge in [-0.05, 0) is 226 Å². The van der Waals surface area contributed by atoms with Crippen LogP contribution in [0.15, 0.2) is 108 Å². The molecule has 4 aliphatic rings. The lowest BCUT2D eigenvalue weighted by Crippen LogP contribution is -2.61. The summed E-state index contributed by atoms with van der Waals surface area (Å²) in [4.78, 5) is 6.90. The molecule has 0 saturated heterocycles. The zero-order valence-corrected chi connectivity index (χ0v) is 50.6. The Hall–Kier alpha value is -4.71. The molecule has 6 aromatic carbocycles. The molecule has 0 saturated carbocycles. The Morgan fingerprint density at radius 1 is 0.446 bits per heavy atom. The number of hydrogen-bond donors (Lipinski definition) is 0. The van der Waals surface area contributed by atoms with Gasteiger partial charge in [-0.25, -0.2) is 10.0 Å². The van der Waals surface area contributed by atoms with Crippen LogP contribution in [0.1, 0.15) is 182 Å². The van der Waals surface area contributed by atoms with Gasteiger partial charge in [0.1, 0.15) is 0 Å². The first-order valence-corrected chi connectivity index (χ1v) is 31.5. The molecule has 1 aromatic heterocycles. The lowest BCUT2D eigenvalue weighted by atomic mass is 9.33. The van der Waals surface area contributed by atoms with Crippen molar-refractivity contribution in [3.05, 3.63) is 142 Å². The predicted molar refractivity (Wildman–Crippen MR) is 332 cm³/mol. The van der Waals surface area contributed by atoms with Crippen molar-refractivity contribution >= 4 is 88.0 Å². The molecule has 0 amide bonds. The molecule has 11 rings (SSSR count). The molecule has 0 atom stereocenters. The Morgan fingerprint density at radius 2 is 0.959 bits per heavy atom. The largest absolute Gasteiger partial charge is 0.311 e. The van der Waals surface area contributed by atoms with E-state index in [1.165, 1.54) is 141 Å². The van der Waals surface area contributed by atoms with E-state index in [1.807, 2.05) is 11.3 Å². The first-order valence-electron chi connectivity index (χ1n) is 27.8. The fraction of sp³-hybridized carbons (Fsp3) is 0.449. The van der Waals surface area contributed by atoms with Crippen molar-refractivity contribution in [2.45, 2.75) is 186 Å². The molecule has 0 spiro atoms. The molecular formula is C69H85BN2S2. The van der Waals surface area contributed by atoms with Crippen LogP contribution in [-0.2, 0) is 37.9 Å². The topological polar surface area (TPSA) is 6.48 Å². The molecule has 7 aromatic rings. The van der Waals surface area contributed by atoms with Crippen LogP contribution in [0, 0.1) is 0 Å². The number of hydrogen-bond acceptors (Lipinski definition) is 3. The molecule has 0 unspecified atom stereocenters. The summed E-state index contributed by atoms with van der Waals surface area (Å²) in [5.74, 6) is 0.